The van der Waals surface area contributed by atoms with Gasteiger partial charge in [0.05, 0.1) is 22.7 Å². The maximum absolute atomic E-state index is 13.2. The Kier molecular flexibility index (Phi) is 4.61. The monoisotopic (exact) mass is 354 g/mol. The predicted molar refractivity (Wildman–Crippen MR) is 78.5 cm³/mol. The lowest BCUT2D eigenvalue weighted by molar-refractivity contribution is -0.137. The maximum Gasteiger partial charge on any atom is 0.417 e. The van der Waals surface area contributed by atoms with Crippen LogP contribution in [0.25, 0.3) is 11.1 Å². The smallest absolute Gasteiger partial charge is 0.417 e. The van der Waals surface area contributed by atoms with E-state index in [-0.39, 0.29) is 31.9 Å². The van der Waals surface area contributed by atoms with E-state index in [1.54, 1.807) is 0 Å². The van der Waals surface area contributed by atoms with Gasteiger partial charge in [0, 0.05) is 16.1 Å². The molecule has 2 aromatic carbocycles. The van der Waals surface area contributed by atoms with Crippen molar-refractivity contribution in [2.45, 2.75) is 6.18 Å². The Morgan fingerprint density at radius 3 is 2.29 bits per heavy atom. The first kappa shape index (κ1) is 16.3. The summed E-state index contributed by atoms with van der Waals surface area (Å²) in [6, 6.07) is 6.30. The van der Waals surface area contributed by atoms with E-state index in [1.807, 2.05) is 0 Å². The molecule has 7 heteroatoms. The maximum atomic E-state index is 13.2. The number of rotatable bonds is 2. The fraction of sp³-hybridized carbons (Fsp3) is 0.143. The molecular weight excluding hydrogens is 348 g/mol. The highest BCUT2D eigenvalue weighted by Crippen LogP contribution is 2.46. The van der Waals surface area contributed by atoms with Crippen molar-refractivity contribution in [3.05, 3.63) is 51.0 Å². The Hall–Kier alpha value is -1.10. The van der Waals surface area contributed by atoms with Crippen LogP contribution in [0.4, 0.5) is 13.2 Å². The number of benzene rings is 2. The van der Waals surface area contributed by atoms with E-state index in [0.717, 1.165) is 6.07 Å². The lowest BCUT2D eigenvalue weighted by Gasteiger charge is -2.18. The summed E-state index contributed by atoms with van der Waals surface area (Å²) in [7, 11) is 1.28. The van der Waals surface area contributed by atoms with Gasteiger partial charge in [0.25, 0.3) is 0 Å². The molecule has 0 aliphatic heterocycles. The molecule has 0 N–H and O–H groups in total. The lowest BCUT2D eigenvalue weighted by Crippen LogP contribution is -2.08. The van der Waals surface area contributed by atoms with Gasteiger partial charge in [-0.05, 0) is 24.3 Å². The van der Waals surface area contributed by atoms with E-state index < -0.39 is 11.7 Å². The van der Waals surface area contributed by atoms with Crippen molar-refractivity contribution in [2.24, 2.45) is 0 Å². The van der Waals surface area contributed by atoms with E-state index in [2.05, 4.69) is 0 Å². The highest BCUT2D eigenvalue weighted by Gasteiger charge is 2.35. The van der Waals surface area contributed by atoms with Crippen molar-refractivity contribution in [3.63, 3.8) is 0 Å². The first-order valence-electron chi connectivity index (χ1n) is 5.64. The summed E-state index contributed by atoms with van der Waals surface area (Å²) in [6.45, 7) is 0. The van der Waals surface area contributed by atoms with Gasteiger partial charge in [0.1, 0.15) is 5.75 Å². The third-order valence-electron chi connectivity index (χ3n) is 2.81. The van der Waals surface area contributed by atoms with Gasteiger partial charge in [0.2, 0.25) is 0 Å². The molecule has 0 aromatic heterocycles. The van der Waals surface area contributed by atoms with Crippen LogP contribution in [0.2, 0.25) is 15.1 Å². The van der Waals surface area contributed by atoms with Crippen LogP contribution in [0.1, 0.15) is 5.56 Å². The Labute approximate surface area is 134 Å². The average Bonchev–Trinajstić information content (AvgIpc) is 2.41. The molecule has 0 spiro atoms. The molecule has 0 unspecified atom stereocenters. The molecule has 2 rings (SSSR count). The lowest BCUT2D eigenvalue weighted by atomic mass is 9.98. The number of halogens is 6. The normalized spacial score (nSPS) is 11.6. The predicted octanol–water partition coefficient (Wildman–Crippen LogP) is 6.34. The molecule has 21 heavy (non-hydrogen) atoms. The van der Waals surface area contributed by atoms with Crippen LogP contribution in [-0.4, -0.2) is 7.11 Å². The van der Waals surface area contributed by atoms with E-state index in [4.69, 9.17) is 39.5 Å². The Balaban J connectivity index is 2.85. The number of methoxy groups -OCH3 is 1. The van der Waals surface area contributed by atoms with Crippen LogP contribution in [0.5, 0.6) is 5.75 Å². The number of hydrogen-bond donors (Lipinski definition) is 0. The van der Waals surface area contributed by atoms with Gasteiger partial charge in [0.15, 0.2) is 0 Å². The van der Waals surface area contributed by atoms with Crippen LogP contribution in [0.3, 0.4) is 0 Å². The van der Waals surface area contributed by atoms with Crippen LogP contribution < -0.4 is 4.74 Å². The molecule has 1 nitrogen and oxygen atoms in total. The van der Waals surface area contributed by atoms with Crippen LogP contribution in [0.15, 0.2) is 30.3 Å². The Morgan fingerprint density at radius 1 is 1.05 bits per heavy atom. The average molecular weight is 356 g/mol. The fourth-order valence-electron chi connectivity index (χ4n) is 1.95. The van der Waals surface area contributed by atoms with Gasteiger partial charge in [-0.25, -0.2) is 0 Å². The largest absolute Gasteiger partial charge is 0.496 e. The molecule has 0 heterocycles. The minimum atomic E-state index is -4.57. The number of ether oxygens (including phenoxy) is 1. The second-order valence-electron chi connectivity index (χ2n) is 4.13. The van der Waals surface area contributed by atoms with Crippen LogP contribution in [0, 0.1) is 0 Å². The van der Waals surface area contributed by atoms with Crippen molar-refractivity contribution >= 4 is 34.8 Å². The van der Waals surface area contributed by atoms with Gasteiger partial charge in [-0.2, -0.15) is 13.2 Å². The number of hydrogen-bond acceptors (Lipinski definition) is 1. The minimum Gasteiger partial charge on any atom is -0.496 e. The molecule has 0 fully saturated rings. The van der Waals surface area contributed by atoms with Gasteiger partial charge < -0.3 is 4.74 Å². The summed E-state index contributed by atoms with van der Waals surface area (Å²) in [5.74, 6) is 0.0325. The van der Waals surface area contributed by atoms with Gasteiger partial charge >= 0.3 is 6.18 Å². The Bertz CT molecular complexity index is 684. The SMILES string of the molecule is COc1cccc(C(F)(F)F)c1-c1cc(Cl)cc(Cl)c1Cl. The van der Waals surface area contributed by atoms with Crippen molar-refractivity contribution in [1.29, 1.82) is 0 Å². The van der Waals surface area contributed by atoms with Crippen molar-refractivity contribution in [2.75, 3.05) is 7.11 Å². The molecule has 0 amide bonds. The summed E-state index contributed by atoms with van der Waals surface area (Å²) in [5.41, 5.74) is -0.997. The second-order valence-corrected chi connectivity index (χ2v) is 5.35. The Morgan fingerprint density at radius 2 is 1.71 bits per heavy atom. The zero-order chi connectivity index (χ0) is 15.8. The summed E-state index contributed by atoms with van der Waals surface area (Å²) in [6.07, 6.45) is -4.57. The fourth-order valence-corrected chi connectivity index (χ4v) is 2.65. The highest BCUT2D eigenvalue weighted by atomic mass is 35.5. The van der Waals surface area contributed by atoms with Crippen LogP contribution >= 0.6 is 34.8 Å². The third-order valence-corrected chi connectivity index (χ3v) is 3.83. The first-order chi connectivity index (χ1) is 9.75. The summed E-state index contributed by atoms with van der Waals surface area (Å²) < 4.78 is 44.7. The molecule has 0 atom stereocenters. The van der Waals surface area contributed by atoms with Gasteiger partial charge in [-0.15, -0.1) is 0 Å². The summed E-state index contributed by atoms with van der Waals surface area (Å²) >= 11 is 17.8. The molecule has 0 radical (unpaired) electrons. The topological polar surface area (TPSA) is 9.23 Å². The van der Waals surface area contributed by atoms with Crippen molar-refractivity contribution in [1.82, 2.24) is 0 Å². The third kappa shape index (κ3) is 3.23. The van der Waals surface area contributed by atoms with Gasteiger partial charge in [-0.3, -0.25) is 0 Å². The van der Waals surface area contributed by atoms with E-state index >= 15 is 0 Å². The molecular formula is C14H8Cl3F3O. The van der Waals surface area contributed by atoms with E-state index in [9.17, 15) is 13.2 Å². The molecule has 0 saturated carbocycles. The molecule has 0 saturated heterocycles. The first-order valence-corrected chi connectivity index (χ1v) is 6.78. The molecule has 2 aromatic rings. The molecule has 0 aliphatic carbocycles. The molecule has 112 valence electrons. The van der Waals surface area contributed by atoms with Crippen LogP contribution in [-0.2, 0) is 6.18 Å². The standard InChI is InChI=1S/C14H8Cl3F3O/c1-21-11-4-2-3-9(14(18,19)20)12(11)8-5-7(15)6-10(16)13(8)17/h2-6H,1H3. The molecule has 0 bridgehead atoms. The number of alkyl halides is 3. The summed E-state index contributed by atoms with van der Waals surface area (Å²) in [4.78, 5) is 0. The van der Waals surface area contributed by atoms with Crippen molar-refractivity contribution < 1.29 is 17.9 Å². The molecule has 0 aliphatic rings. The second kappa shape index (κ2) is 5.95. The van der Waals surface area contributed by atoms with Crippen molar-refractivity contribution in [3.8, 4) is 16.9 Å². The van der Waals surface area contributed by atoms with E-state index in [0.29, 0.717) is 0 Å². The zero-order valence-corrected chi connectivity index (χ0v) is 12.8. The quantitative estimate of drug-likeness (QED) is 0.571. The van der Waals surface area contributed by atoms with E-state index in [1.165, 1.54) is 31.4 Å². The summed E-state index contributed by atoms with van der Waals surface area (Å²) in [5, 5.41) is 0.229. The zero-order valence-electron chi connectivity index (χ0n) is 10.6. The highest BCUT2D eigenvalue weighted by molar-refractivity contribution is 6.45. The minimum absolute atomic E-state index is 0.0175. The van der Waals surface area contributed by atoms with Gasteiger partial charge in [-0.1, -0.05) is 40.9 Å².